The Morgan fingerprint density at radius 3 is 1.55 bits per heavy atom. The quantitative estimate of drug-likeness (QED) is 0.637. The molecule has 0 bridgehead atoms. The van der Waals surface area contributed by atoms with Gasteiger partial charge in [0.2, 0.25) is 0 Å². The number of benzene rings is 2. The molecule has 0 spiro atoms. The van der Waals surface area contributed by atoms with E-state index >= 15 is 0 Å². The number of hydrogen-bond acceptors (Lipinski definition) is 2. The Bertz CT molecular complexity index is 609. The second-order valence-electron chi connectivity index (χ2n) is 4.92. The van der Waals surface area contributed by atoms with Crippen LogP contribution >= 0.6 is 23.2 Å². The Labute approximate surface area is 141 Å². The fourth-order valence-corrected chi connectivity index (χ4v) is 2.07. The lowest BCUT2D eigenvalue weighted by molar-refractivity contribution is 0.350. The van der Waals surface area contributed by atoms with Crippen molar-refractivity contribution in [3.05, 3.63) is 69.7 Å². The molecule has 0 saturated heterocycles. The van der Waals surface area contributed by atoms with E-state index in [1.165, 1.54) is 0 Å². The molecule has 0 radical (unpaired) electrons. The first kappa shape index (κ1) is 16.7. The number of ether oxygens (including phenoxy) is 2. The van der Waals surface area contributed by atoms with E-state index in [-0.39, 0.29) is 0 Å². The van der Waals surface area contributed by atoms with Gasteiger partial charge in [-0.1, -0.05) is 23.2 Å². The van der Waals surface area contributed by atoms with Crippen molar-refractivity contribution < 1.29 is 9.47 Å². The molecule has 2 aromatic carbocycles. The first-order valence-corrected chi connectivity index (χ1v) is 7.75. The van der Waals surface area contributed by atoms with Crippen LogP contribution in [-0.2, 0) is 0 Å². The molecule has 0 unspecified atom stereocenters. The van der Waals surface area contributed by atoms with Gasteiger partial charge in [-0.05, 0) is 73.5 Å². The van der Waals surface area contributed by atoms with E-state index in [1.54, 1.807) is 0 Å². The fourth-order valence-electron chi connectivity index (χ4n) is 1.84. The Morgan fingerprint density at radius 2 is 1.18 bits per heavy atom. The molecule has 0 amide bonds. The van der Waals surface area contributed by atoms with Crippen LogP contribution in [0.3, 0.4) is 0 Å². The standard InChI is InChI=1S/C18H18Cl2O2/c1-13-11-15(5-7-17(13)19)21-9-3-4-10-22-16-6-8-18(20)14(2)12-16/h3-8,11-12H,9-10H2,1-2H3/b4-3+. The second kappa shape index (κ2) is 8.11. The van der Waals surface area contributed by atoms with Crippen LogP contribution in [0.15, 0.2) is 48.6 Å². The highest BCUT2D eigenvalue weighted by molar-refractivity contribution is 6.31. The van der Waals surface area contributed by atoms with Crippen LogP contribution in [0.4, 0.5) is 0 Å². The van der Waals surface area contributed by atoms with E-state index in [9.17, 15) is 0 Å². The van der Waals surface area contributed by atoms with E-state index in [0.29, 0.717) is 13.2 Å². The van der Waals surface area contributed by atoms with E-state index in [4.69, 9.17) is 32.7 Å². The minimum absolute atomic E-state index is 0.490. The van der Waals surface area contributed by atoms with Crippen molar-refractivity contribution in [1.82, 2.24) is 0 Å². The maximum Gasteiger partial charge on any atom is 0.120 e. The molecule has 0 fully saturated rings. The van der Waals surface area contributed by atoms with Crippen molar-refractivity contribution in [2.24, 2.45) is 0 Å². The molecule has 0 N–H and O–H groups in total. The van der Waals surface area contributed by atoms with E-state index in [0.717, 1.165) is 32.7 Å². The lowest BCUT2D eigenvalue weighted by Gasteiger charge is -2.06. The van der Waals surface area contributed by atoms with Crippen LogP contribution in [0.25, 0.3) is 0 Å². The van der Waals surface area contributed by atoms with Gasteiger partial charge in [0, 0.05) is 10.0 Å². The van der Waals surface area contributed by atoms with Gasteiger partial charge in [0.25, 0.3) is 0 Å². The SMILES string of the molecule is Cc1cc(OC/C=C/COc2ccc(Cl)c(C)c2)ccc1Cl. The summed E-state index contributed by atoms with van der Waals surface area (Å²) in [6.45, 7) is 4.88. The van der Waals surface area contributed by atoms with Gasteiger partial charge in [-0.3, -0.25) is 0 Å². The molecule has 2 nitrogen and oxygen atoms in total. The largest absolute Gasteiger partial charge is 0.490 e. The fraction of sp³-hybridized carbons (Fsp3) is 0.222. The van der Waals surface area contributed by atoms with E-state index < -0.39 is 0 Å². The molecule has 0 aliphatic rings. The van der Waals surface area contributed by atoms with Gasteiger partial charge in [-0.25, -0.2) is 0 Å². The summed E-state index contributed by atoms with van der Waals surface area (Å²) < 4.78 is 11.2. The van der Waals surface area contributed by atoms with Gasteiger partial charge >= 0.3 is 0 Å². The van der Waals surface area contributed by atoms with Crippen molar-refractivity contribution in [1.29, 1.82) is 0 Å². The Kier molecular flexibility index (Phi) is 6.17. The highest BCUT2D eigenvalue weighted by Gasteiger charge is 1.98. The predicted octanol–water partition coefficient (Wildman–Crippen LogP) is 5.62. The summed E-state index contributed by atoms with van der Waals surface area (Å²) in [7, 11) is 0. The molecule has 0 saturated carbocycles. The van der Waals surface area contributed by atoms with Crippen molar-refractivity contribution in [3.63, 3.8) is 0 Å². The number of aryl methyl sites for hydroxylation is 2. The van der Waals surface area contributed by atoms with Crippen LogP contribution in [-0.4, -0.2) is 13.2 Å². The third-order valence-corrected chi connectivity index (χ3v) is 3.97. The maximum absolute atomic E-state index is 5.97. The van der Waals surface area contributed by atoms with Crippen molar-refractivity contribution in [3.8, 4) is 11.5 Å². The highest BCUT2D eigenvalue weighted by atomic mass is 35.5. The minimum atomic E-state index is 0.490. The average Bonchev–Trinajstić information content (AvgIpc) is 2.50. The number of hydrogen-bond donors (Lipinski definition) is 0. The molecule has 4 heteroatoms. The lowest BCUT2D eigenvalue weighted by atomic mass is 10.2. The number of halogens is 2. The predicted molar refractivity (Wildman–Crippen MR) is 92.5 cm³/mol. The van der Waals surface area contributed by atoms with Crippen LogP contribution in [0.5, 0.6) is 11.5 Å². The highest BCUT2D eigenvalue weighted by Crippen LogP contribution is 2.21. The average molecular weight is 337 g/mol. The van der Waals surface area contributed by atoms with Gasteiger partial charge in [0.05, 0.1) is 0 Å². The summed E-state index contributed by atoms with van der Waals surface area (Å²) in [6.07, 6.45) is 3.85. The number of rotatable bonds is 6. The van der Waals surface area contributed by atoms with E-state index in [2.05, 4.69) is 0 Å². The summed E-state index contributed by atoms with van der Waals surface area (Å²) in [5.74, 6) is 1.61. The van der Waals surface area contributed by atoms with Crippen molar-refractivity contribution in [2.75, 3.05) is 13.2 Å². The molecule has 2 rings (SSSR count). The Morgan fingerprint density at radius 1 is 0.773 bits per heavy atom. The summed E-state index contributed by atoms with van der Waals surface area (Å²) in [4.78, 5) is 0. The monoisotopic (exact) mass is 336 g/mol. The van der Waals surface area contributed by atoms with Crippen molar-refractivity contribution >= 4 is 23.2 Å². The first-order chi connectivity index (χ1) is 10.6. The summed E-state index contributed by atoms with van der Waals surface area (Å²) >= 11 is 11.9. The lowest BCUT2D eigenvalue weighted by Crippen LogP contribution is -1.97. The zero-order valence-electron chi connectivity index (χ0n) is 12.6. The van der Waals surface area contributed by atoms with Crippen LogP contribution < -0.4 is 9.47 Å². The van der Waals surface area contributed by atoms with Gasteiger partial charge in [0.1, 0.15) is 24.7 Å². The zero-order valence-corrected chi connectivity index (χ0v) is 14.1. The molecule has 0 aromatic heterocycles. The Balaban J connectivity index is 1.74. The normalized spacial score (nSPS) is 10.9. The first-order valence-electron chi connectivity index (χ1n) is 6.99. The van der Waals surface area contributed by atoms with Gasteiger partial charge in [-0.15, -0.1) is 0 Å². The minimum Gasteiger partial charge on any atom is -0.490 e. The van der Waals surface area contributed by atoms with E-state index in [1.807, 2.05) is 62.4 Å². The molecule has 0 heterocycles. The topological polar surface area (TPSA) is 18.5 Å². The molecule has 0 aliphatic heterocycles. The second-order valence-corrected chi connectivity index (χ2v) is 5.73. The Hall–Kier alpha value is -1.64. The molecule has 0 atom stereocenters. The van der Waals surface area contributed by atoms with Gasteiger partial charge in [0.15, 0.2) is 0 Å². The third-order valence-electron chi connectivity index (χ3n) is 3.12. The van der Waals surface area contributed by atoms with Crippen molar-refractivity contribution in [2.45, 2.75) is 13.8 Å². The van der Waals surface area contributed by atoms with Crippen LogP contribution in [0.1, 0.15) is 11.1 Å². The molecule has 116 valence electrons. The summed E-state index contributed by atoms with van der Waals surface area (Å²) in [6, 6.07) is 11.2. The summed E-state index contributed by atoms with van der Waals surface area (Å²) in [5, 5.41) is 1.49. The molecule has 2 aromatic rings. The molecule has 0 aliphatic carbocycles. The summed E-state index contributed by atoms with van der Waals surface area (Å²) in [5.41, 5.74) is 2.01. The molecular formula is C18H18Cl2O2. The zero-order chi connectivity index (χ0) is 15.9. The van der Waals surface area contributed by atoms with Gasteiger partial charge < -0.3 is 9.47 Å². The van der Waals surface area contributed by atoms with Crippen LogP contribution in [0, 0.1) is 13.8 Å². The molecule has 22 heavy (non-hydrogen) atoms. The van der Waals surface area contributed by atoms with Gasteiger partial charge in [-0.2, -0.15) is 0 Å². The van der Waals surface area contributed by atoms with Crippen LogP contribution in [0.2, 0.25) is 10.0 Å². The smallest absolute Gasteiger partial charge is 0.120 e. The maximum atomic E-state index is 5.97. The third kappa shape index (κ3) is 4.97. The molecular weight excluding hydrogens is 319 g/mol.